The van der Waals surface area contributed by atoms with Crippen LogP contribution in [0.15, 0.2) is 47.6 Å². The number of benzene rings is 1. The Bertz CT molecular complexity index is 1160. The van der Waals surface area contributed by atoms with E-state index in [1.165, 1.54) is 12.4 Å². The first-order chi connectivity index (χ1) is 13.8. The van der Waals surface area contributed by atoms with Crippen LogP contribution in [0.4, 0.5) is 0 Å². The molecule has 3 N–H and O–H groups in total. The number of halogens is 1. The highest BCUT2D eigenvalue weighted by molar-refractivity contribution is 7.90. The van der Waals surface area contributed by atoms with Crippen LogP contribution in [0.1, 0.15) is 17.7 Å². The molecule has 30 heavy (non-hydrogen) atoms. The molecular formula is C19H22ClN5O4S. The molecule has 1 aliphatic heterocycles. The van der Waals surface area contributed by atoms with E-state index < -0.39 is 22.2 Å². The van der Waals surface area contributed by atoms with Crippen molar-refractivity contribution in [2.75, 3.05) is 6.54 Å². The lowest BCUT2D eigenvalue weighted by Gasteiger charge is -2.11. The summed E-state index contributed by atoms with van der Waals surface area (Å²) in [5.74, 6) is -0.219. The highest BCUT2D eigenvalue weighted by atomic mass is 35.5. The van der Waals surface area contributed by atoms with E-state index in [2.05, 4.69) is 20.6 Å². The van der Waals surface area contributed by atoms with Crippen LogP contribution in [0.2, 0.25) is 0 Å². The van der Waals surface area contributed by atoms with Gasteiger partial charge in [0.15, 0.2) is 5.65 Å². The number of aliphatic hydroxyl groups excluding tert-OH is 1. The number of nitrogens with zero attached hydrogens (tertiary/aromatic N) is 3. The lowest BCUT2D eigenvalue weighted by atomic mass is 10.2. The van der Waals surface area contributed by atoms with Gasteiger partial charge in [-0.05, 0) is 31.5 Å². The van der Waals surface area contributed by atoms with Crippen LogP contribution < -0.4 is 10.6 Å². The normalized spacial score (nSPS) is 18.9. The number of aliphatic hydroxyl groups is 1. The molecule has 3 aromatic rings. The van der Waals surface area contributed by atoms with E-state index in [0.29, 0.717) is 24.2 Å². The third-order valence-corrected chi connectivity index (χ3v) is 6.53. The number of amides is 1. The van der Waals surface area contributed by atoms with Crippen LogP contribution in [0.25, 0.3) is 11.2 Å². The van der Waals surface area contributed by atoms with E-state index in [1.54, 1.807) is 30.3 Å². The average Bonchev–Trinajstić information content (AvgIpc) is 3.32. The summed E-state index contributed by atoms with van der Waals surface area (Å²) in [6, 6.07) is 7.74. The second-order valence-electron chi connectivity index (χ2n) is 7.07. The van der Waals surface area contributed by atoms with Gasteiger partial charge in [-0.2, -0.15) is 0 Å². The number of fused-ring (bicyclic) bond motifs is 1. The number of rotatable bonds is 5. The van der Waals surface area contributed by atoms with Crippen LogP contribution in [-0.2, 0) is 21.4 Å². The summed E-state index contributed by atoms with van der Waals surface area (Å²) in [5.41, 5.74) is 2.12. The number of carbonyl (C=O) groups excluding carboxylic acids is 1. The van der Waals surface area contributed by atoms with Crippen LogP contribution >= 0.6 is 12.4 Å². The van der Waals surface area contributed by atoms with Crippen molar-refractivity contribution in [2.45, 2.75) is 36.9 Å². The summed E-state index contributed by atoms with van der Waals surface area (Å²) in [6.07, 6.45) is 2.72. The Morgan fingerprint density at radius 1 is 1.30 bits per heavy atom. The van der Waals surface area contributed by atoms with Crippen LogP contribution in [-0.4, -0.2) is 52.1 Å². The molecule has 2 atom stereocenters. The maximum Gasteiger partial charge on any atom is 0.269 e. The van der Waals surface area contributed by atoms with Gasteiger partial charge in [0.05, 0.1) is 35.5 Å². The van der Waals surface area contributed by atoms with Crippen molar-refractivity contribution in [1.82, 2.24) is 24.6 Å². The zero-order valence-corrected chi connectivity index (χ0v) is 17.8. The Labute approximate surface area is 180 Å². The molecular weight excluding hydrogens is 430 g/mol. The van der Waals surface area contributed by atoms with Gasteiger partial charge in [-0.3, -0.25) is 4.79 Å². The third-order valence-electron chi connectivity index (χ3n) is 4.85. The summed E-state index contributed by atoms with van der Waals surface area (Å²) in [4.78, 5) is 20.9. The summed E-state index contributed by atoms with van der Waals surface area (Å²) in [7, 11) is -3.78. The molecule has 1 amide bonds. The van der Waals surface area contributed by atoms with E-state index in [-0.39, 0.29) is 35.4 Å². The first kappa shape index (κ1) is 22.2. The number of hydrogen-bond donors (Lipinski definition) is 3. The molecule has 0 radical (unpaired) electrons. The molecule has 0 aliphatic carbocycles. The molecule has 1 fully saturated rings. The largest absolute Gasteiger partial charge is 0.392 e. The Balaban J connectivity index is 0.00000256. The smallest absolute Gasteiger partial charge is 0.269 e. The van der Waals surface area contributed by atoms with Gasteiger partial charge in [-0.1, -0.05) is 17.7 Å². The second kappa shape index (κ2) is 8.68. The minimum Gasteiger partial charge on any atom is -0.392 e. The zero-order valence-electron chi connectivity index (χ0n) is 16.1. The molecule has 1 aliphatic rings. The lowest BCUT2D eigenvalue weighted by molar-refractivity contribution is -0.123. The summed E-state index contributed by atoms with van der Waals surface area (Å²) < 4.78 is 26.9. The molecule has 0 saturated carbocycles. The van der Waals surface area contributed by atoms with Crippen molar-refractivity contribution in [3.05, 3.63) is 54.0 Å². The van der Waals surface area contributed by atoms with E-state index in [4.69, 9.17) is 0 Å². The van der Waals surface area contributed by atoms with E-state index >= 15 is 0 Å². The van der Waals surface area contributed by atoms with Gasteiger partial charge >= 0.3 is 0 Å². The number of β-amino-alcohol motifs (C(OH)–C–C–N with tert-alkyl or cyclic N) is 1. The molecule has 1 saturated heterocycles. The minimum absolute atomic E-state index is 0. The predicted octanol–water partition coefficient (Wildman–Crippen LogP) is 0.738. The molecule has 1 aromatic carbocycles. The van der Waals surface area contributed by atoms with Gasteiger partial charge in [0, 0.05) is 12.7 Å². The van der Waals surface area contributed by atoms with Crippen LogP contribution in [0, 0.1) is 6.92 Å². The second-order valence-corrected chi connectivity index (χ2v) is 8.88. The van der Waals surface area contributed by atoms with Crippen molar-refractivity contribution in [2.24, 2.45) is 0 Å². The Hall–Kier alpha value is -2.53. The fourth-order valence-electron chi connectivity index (χ4n) is 3.25. The lowest BCUT2D eigenvalue weighted by Crippen LogP contribution is -2.40. The van der Waals surface area contributed by atoms with Crippen LogP contribution in [0.3, 0.4) is 0 Å². The topological polar surface area (TPSA) is 126 Å². The molecule has 0 spiro atoms. The maximum absolute atomic E-state index is 12.9. The Morgan fingerprint density at radius 3 is 2.70 bits per heavy atom. The maximum atomic E-state index is 12.9. The van der Waals surface area contributed by atoms with Crippen molar-refractivity contribution in [3.63, 3.8) is 0 Å². The third kappa shape index (κ3) is 4.31. The van der Waals surface area contributed by atoms with Crippen molar-refractivity contribution in [3.8, 4) is 0 Å². The van der Waals surface area contributed by atoms with Gasteiger partial charge in [0.25, 0.3) is 10.0 Å². The fourth-order valence-corrected chi connectivity index (χ4v) is 4.54. The van der Waals surface area contributed by atoms with E-state index in [1.807, 2.05) is 6.92 Å². The Kier molecular flexibility index (Phi) is 6.41. The molecule has 2 unspecified atom stereocenters. The monoisotopic (exact) mass is 451 g/mol. The van der Waals surface area contributed by atoms with Gasteiger partial charge in [0.1, 0.15) is 5.52 Å². The molecule has 3 heterocycles. The SMILES string of the molecule is Cc1ccc(S(=O)(=O)n2ccc3nc(CNC(=O)C4CC(O)CN4)cnc32)cc1.Cl. The minimum atomic E-state index is -3.78. The first-order valence-electron chi connectivity index (χ1n) is 9.19. The van der Waals surface area contributed by atoms with Gasteiger partial charge in [-0.25, -0.2) is 22.4 Å². The molecule has 11 heteroatoms. The van der Waals surface area contributed by atoms with Gasteiger partial charge in [0.2, 0.25) is 5.91 Å². The van der Waals surface area contributed by atoms with Gasteiger partial charge in [-0.15, -0.1) is 12.4 Å². The van der Waals surface area contributed by atoms with Gasteiger partial charge < -0.3 is 15.7 Å². The molecule has 160 valence electrons. The zero-order chi connectivity index (χ0) is 20.6. The number of nitrogens with one attached hydrogen (secondary N) is 2. The number of aryl methyl sites for hydroxylation is 1. The predicted molar refractivity (Wildman–Crippen MR) is 113 cm³/mol. The quantitative estimate of drug-likeness (QED) is 0.522. The number of carbonyl (C=O) groups is 1. The van der Waals surface area contributed by atoms with Crippen molar-refractivity contribution >= 4 is 39.5 Å². The highest BCUT2D eigenvalue weighted by Crippen LogP contribution is 2.20. The summed E-state index contributed by atoms with van der Waals surface area (Å²) in [6.45, 7) is 2.44. The average molecular weight is 452 g/mol. The standard InChI is InChI=1S/C19H21N5O4S.ClH/c1-12-2-4-15(5-3-12)29(27,28)24-7-6-16-18(24)21-9-13(23-16)10-22-19(26)17-8-14(25)11-20-17;/h2-7,9,14,17,20,25H,8,10-11H2,1H3,(H,22,26);1H. The summed E-state index contributed by atoms with van der Waals surface area (Å²) >= 11 is 0. The number of aromatic nitrogens is 3. The van der Waals surface area contributed by atoms with E-state index in [9.17, 15) is 18.3 Å². The van der Waals surface area contributed by atoms with E-state index in [0.717, 1.165) is 9.54 Å². The highest BCUT2D eigenvalue weighted by Gasteiger charge is 2.27. The van der Waals surface area contributed by atoms with Crippen molar-refractivity contribution in [1.29, 1.82) is 0 Å². The fraction of sp³-hybridized carbons (Fsp3) is 0.316. The molecule has 2 aromatic heterocycles. The number of hydrogen-bond acceptors (Lipinski definition) is 7. The first-order valence-corrected chi connectivity index (χ1v) is 10.6. The Morgan fingerprint density at radius 2 is 2.03 bits per heavy atom. The molecule has 0 bridgehead atoms. The molecule has 9 nitrogen and oxygen atoms in total. The van der Waals surface area contributed by atoms with Crippen LogP contribution in [0.5, 0.6) is 0 Å². The summed E-state index contributed by atoms with van der Waals surface area (Å²) in [5, 5.41) is 15.2. The molecule has 4 rings (SSSR count). The van der Waals surface area contributed by atoms with Crippen molar-refractivity contribution < 1.29 is 18.3 Å².